The van der Waals surface area contributed by atoms with Gasteiger partial charge in [0.1, 0.15) is 11.2 Å². The minimum Gasteiger partial charge on any atom is -0.456 e. The van der Waals surface area contributed by atoms with Crippen molar-refractivity contribution in [2.75, 3.05) is 0 Å². The molecular weight excluding hydrogens is 655 g/mol. The van der Waals surface area contributed by atoms with Crippen LogP contribution in [-0.4, -0.2) is 15.0 Å². The van der Waals surface area contributed by atoms with Crippen LogP contribution in [0.5, 0.6) is 0 Å². The smallest absolute Gasteiger partial charge is 0.161 e. The number of para-hydroxylation sites is 2. The van der Waals surface area contributed by atoms with E-state index in [0.717, 1.165) is 82.3 Å². The summed E-state index contributed by atoms with van der Waals surface area (Å²) in [5, 5.41) is 8.16. The first-order valence-electron chi connectivity index (χ1n) is 17.4. The van der Waals surface area contributed by atoms with Gasteiger partial charge >= 0.3 is 0 Å². The Morgan fingerprint density at radius 3 is 1.94 bits per heavy atom. The van der Waals surface area contributed by atoms with E-state index in [-0.39, 0.29) is 0 Å². The second-order valence-corrected chi connectivity index (χ2v) is 14.2. The number of pyridine rings is 1. The monoisotopic (exact) mass is 681 g/mol. The van der Waals surface area contributed by atoms with E-state index in [4.69, 9.17) is 19.4 Å². The zero-order chi connectivity index (χ0) is 34.2. The summed E-state index contributed by atoms with van der Waals surface area (Å²) >= 11 is 1.80. The molecule has 7 aromatic carbocycles. The van der Waals surface area contributed by atoms with E-state index in [9.17, 15) is 0 Å². The molecule has 0 aliphatic rings. The Morgan fingerprint density at radius 2 is 1.10 bits per heavy atom. The SMILES string of the molecule is c1ccc(-c2cc(-c3ccc4c(c3)oc3ccccc34)nc(-c3cccc4c3sc3ccc5c(-c6ccccc6)nc6ccccc6c5c34)n2)cc1. The number of benzene rings is 7. The van der Waals surface area contributed by atoms with Crippen molar-refractivity contribution in [3.8, 4) is 45.2 Å². The van der Waals surface area contributed by atoms with Gasteiger partial charge in [-0.1, -0.05) is 121 Å². The highest BCUT2D eigenvalue weighted by atomic mass is 32.1. The fourth-order valence-corrected chi connectivity index (χ4v) is 8.90. The Hall–Kier alpha value is -6.69. The van der Waals surface area contributed by atoms with Crippen molar-refractivity contribution in [1.29, 1.82) is 0 Å². The molecule has 5 heteroatoms. The van der Waals surface area contributed by atoms with Gasteiger partial charge in [0, 0.05) is 69.4 Å². The summed E-state index contributed by atoms with van der Waals surface area (Å²) in [6, 6.07) is 57.0. The second-order valence-electron chi connectivity index (χ2n) is 13.1. The number of hydrogen-bond acceptors (Lipinski definition) is 5. The maximum atomic E-state index is 6.29. The molecular formula is C47H27N3OS. The molecule has 0 amide bonds. The zero-order valence-electron chi connectivity index (χ0n) is 27.7. The van der Waals surface area contributed by atoms with Crippen molar-refractivity contribution in [3.63, 3.8) is 0 Å². The normalized spacial score (nSPS) is 11.8. The molecule has 0 saturated carbocycles. The number of nitrogens with zero attached hydrogens (tertiary/aromatic N) is 3. The van der Waals surface area contributed by atoms with Crippen LogP contribution in [0.1, 0.15) is 0 Å². The van der Waals surface area contributed by atoms with E-state index < -0.39 is 0 Å². The predicted molar refractivity (Wildman–Crippen MR) is 217 cm³/mol. The molecule has 0 aliphatic heterocycles. The van der Waals surface area contributed by atoms with Gasteiger partial charge in [-0.15, -0.1) is 11.3 Å². The van der Waals surface area contributed by atoms with Gasteiger partial charge in [-0.25, -0.2) is 15.0 Å². The Labute approximate surface area is 302 Å². The fraction of sp³-hybridized carbons (Fsp3) is 0. The van der Waals surface area contributed by atoms with E-state index in [0.29, 0.717) is 5.82 Å². The maximum absolute atomic E-state index is 6.29. The highest BCUT2D eigenvalue weighted by molar-refractivity contribution is 7.26. The van der Waals surface area contributed by atoms with Crippen LogP contribution in [-0.2, 0) is 0 Å². The third kappa shape index (κ3) is 4.50. The van der Waals surface area contributed by atoms with E-state index in [1.165, 1.54) is 20.9 Å². The van der Waals surface area contributed by atoms with Crippen molar-refractivity contribution in [2.24, 2.45) is 0 Å². The lowest BCUT2D eigenvalue weighted by atomic mass is 9.96. The highest BCUT2D eigenvalue weighted by Crippen LogP contribution is 2.46. The summed E-state index contributed by atoms with van der Waals surface area (Å²) in [5.74, 6) is 0.694. The van der Waals surface area contributed by atoms with Gasteiger partial charge in [-0.2, -0.15) is 0 Å². The van der Waals surface area contributed by atoms with Crippen LogP contribution < -0.4 is 0 Å². The second kappa shape index (κ2) is 11.4. The lowest BCUT2D eigenvalue weighted by Crippen LogP contribution is -1.96. The van der Waals surface area contributed by atoms with Crippen LogP contribution in [0.4, 0.5) is 0 Å². The topological polar surface area (TPSA) is 51.8 Å². The molecule has 52 heavy (non-hydrogen) atoms. The number of aromatic nitrogens is 3. The molecule has 242 valence electrons. The first kappa shape index (κ1) is 29.1. The molecule has 0 unspecified atom stereocenters. The first-order chi connectivity index (χ1) is 25.8. The Balaban J connectivity index is 1.17. The molecule has 0 radical (unpaired) electrons. The number of furan rings is 1. The predicted octanol–water partition coefficient (Wildman–Crippen LogP) is 13.1. The lowest BCUT2D eigenvalue weighted by molar-refractivity contribution is 0.669. The number of rotatable bonds is 4. The largest absolute Gasteiger partial charge is 0.456 e. The van der Waals surface area contributed by atoms with E-state index in [2.05, 4.69) is 140 Å². The summed E-state index contributed by atoms with van der Waals surface area (Å²) in [5.41, 5.74) is 9.57. The summed E-state index contributed by atoms with van der Waals surface area (Å²) in [4.78, 5) is 15.7. The fourth-order valence-electron chi connectivity index (χ4n) is 7.68. The van der Waals surface area contributed by atoms with Gasteiger partial charge in [0.15, 0.2) is 5.82 Å². The van der Waals surface area contributed by atoms with Gasteiger partial charge in [0.25, 0.3) is 0 Å². The first-order valence-corrected chi connectivity index (χ1v) is 18.2. The minimum atomic E-state index is 0.694. The molecule has 4 heterocycles. The molecule has 0 spiro atoms. The summed E-state index contributed by atoms with van der Waals surface area (Å²) in [6.45, 7) is 0. The van der Waals surface area contributed by atoms with Gasteiger partial charge < -0.3 is 4.42 Å². The minimum absolute atomic E-state index is 0.694. The molecule has 0 atom stereocenters. The number of thiophene rings is 1. The zero-order valence-corrected chi connectivity index (χ0v) is 28.6. The summed E-state index contributed by atoms with van der Waals surface area (Å²) in [6.07, 6.45) is 0. The molecule has 4 aromatic heterocycles. The van der Waals surface area contributed by atoms with Crippen molar-refractivity contribution in [2.45, 2.75) is 0 Å². The van der Waals surface area contributed by atoms with E-state index in [1.54, 1.807) is 11.3 Å². The molecule has 11 rings (SSSR count). The van der Waals surface area contributed by atoms with Crippen LogP contribution in [0, 0.1) is 0 Å². The van der Waals surface area contributed by atoms with Crippen LogP contribution >= 0.6 is 11.3 Å². The lowest BCUT2D eigenvalue weighted by Gasteiger charge is -2.12. The molecule has 11 aromatic rings. The number of hydrogen-bond donors (Lipinski definition) is 0. The third-order valence-corrected chi connectivity index (χ3v) is 11.3. The van der Waals surface area contributed by atoms with E-state index in [1.807, 2.05) is 24.3 Å². The summed E-state index contributed by atoms with van der Waals surface area (Å²) in [7, 11) is 0. The van der Waals surface area contributed by atoms with Crippen molar-refractivity contribution >= 4 is 75.1 Å². The quantitative estimate of drug-likeness (QED) is 0.174. The highest BCUT2D eigenvalue weighted by Gasteiger charge is 2.20. The average Bonchev–Trinajstić information content (AvgIpc) is 3.79. The molecule has 0 aliphatic carbocycles. The van der Waals surface area contributed by atoms with Crippen molar-refractivity contribution in [1.82, 2.24) is 15.0 Å². The number of fused-ring (bicyclic) bond motifs is 10. The average molecular weight is 682 g/mol. The van der Waals surface area contributed by atoms with Crippen molar-refractivity contribution in [3.05, 3.63) is 164 Å². The standard InChI is InChI=1S/C47H27N3OS/c1-3-12-28(13-4-1)38-27-39(30-22-23-32-31-16-8-10-21-40(31)51-41(32)26-30)50-47(49-38)36-19-11-18-35-44-42(52-46(35)36)25-24-34-43(44)33-17-7-9-20-37(33)48-45(34)29-14-5-2-6-15-29/h1-27H. The maximum Gasteiger partial charge on any atom is 0.161 e. The Kier molecular flexibility index (Phi) is 6.39. The molecule has 0 fully saturated rings. The van der Waals surface area contributed by atoms with Crippen LogP contribution in [0.15, 0.2) is 168 Å². The van der Waals surface area contributed by atoms with Crippen LogP contribution in [0.25, 0.3) is 109 Å². The molecule has 4 nitrogen and oxygen atoms in total. The van der Waals surface area contributed by atoms with Gasteiger partial charge in [0.2, 0.25) is 0 Å². The Morgan fingerprint density at radius 1 is 0.423 bits per heavy atom. The van der Waals surface area contributed by atoms with Crippen LogP contribution in [0.2, 0.25) is 0 Å². The molecule has 0 saturated heterocycles. The van der Waals surface area contributed by atoms with Crippen LogP contribution in [0.3, 0.4) is 0 Å². The third-order valence-electron chi connectivity index (χ3n) is 10.1. The van der Waals surface area contributed by atoms with Gasteiger partial charge in [0.05, 0.1) is 22.6 Å². The Bertz CT molecular complexity index is 3180. The van der Waals surface area contributed by atoms with Crippen molar-refractivity contribution < 1.29 is 4.42 Å². The molecule has 0 bridgehead atoms. The summed E-state index contributed by atoms with van der Waals surface area (Å²) < 4.78 is 8.68. The van der Waals surface area contributed by atoms with Gasteiger partial charge in [-0.3, -0.25) is 0 Å². The molecule has 0 N–H and O–H groups in total. The van der Waals surface area contributed by atoms with Gasteiger partial charge in [-0.05, 0) is 42.5 Å². The van der Waals surface area contributed by atoms with E-state index >= 15 is 0 Å².